The number of nitrogens with zero attached hydrogens (tertiary/aromatic N) is 5. The second kappa shape index (κ2) is 4.72. The molecule has 0 aliphatic rings. The molecule has 20 heavy (non-hydrogen) atoms. The fourth-order valence-electron chi connectivity index (χ4n) is 2.12. The number of fused-ring (bicyclic) bond motifs is 1. The van der Waals surface area contributed by atoms with Gasteiger partial charge in [-0.15, -0.1) is 0 Å². The predicted octanol–water partition coefficient (Wildman–Crippen LogP) is 2.99. The van der Waals surface area contributed by atoms with Gasteiger partial charge in [-0.1, -0.05) is 23.7 Å². The van der Waals surface area contributed by atoms with Gasteiger partial charge in [-0.05, 0) is 19.1 Å². The maximum atomic E-state index is 13.9. The molecule has 0 amide bonds. The van der Waals surface area contributed by atoms with Crippen molar-refractivity contribution in [2.75, 3.05) is 11.9 Å². The van der Waals surface area contributed by atoms with E-state index in [2.05, 4.69) is 15.1 Å². The van der Waals surface area contributed by atoms with E-state index in [0.29, 0.717) is 28.0 Å². The predicted molar refractivity (Wildman–Crippen MR) is 75.0 cm³/mol. The standard InChI is InChI=1S/C13H11ClFN5/c1-8-11(14)18-13-16-7-17-20(13)12(8)19(2)10-6-4-3-5-9(10)15/h3-7H,1-2H3. The SMILES string of the molecule is Cc1c(Cl)nc2ncnn2c1N(C)c1ccccc1F. The van der Waals surface area contributed by atoms with Crippen molar-refractivity contribution in [1.82, 2.24) is 19.6 Å². The molecule has 7 heteroatoms. The molecule has 3 rings (SSSR count). The van der Waals surface area contributed by atoms with E-state index >= 15 is 0 Å². The quantitative estimate of drug-likeness (QED) is 0.681. The van der Waals surface area contributed by atoms with Crippen molar-refractivity contribution < 1.29 is 4.39 Å². The molecule has 0 aliphatic heterocycles. The highest BCUT2D eigenvalue weighted by molar-refractivity contribution is 6.30. The molecule has 102 valence electrons. The maximum Gasteiger partial charge on any atom is 0.255 e. The smallest absolute Gasteiger partial charge is 0.255 e. The van der Waals surface area contributed by atoms with Crippen molar-refractivity contribution in [3.05, 3.63) is 47.1 Å². The molecular weight excluding hydrogens is 281 g/mol. The van der Waals surface area contributed by atoms with Crippen LogP contribution in [0.5, 0.6) is 0 Å². The number of hydrogen-bond donors (Lipinski definition) is 0. The van der Waals surface area contributed by atoms with Gasteiger partial charge in [0.25, 0.3) is 5.78 Å². The van der Waals surface area contributed by atoms with E-state index in [9.17, 15) is 4.39 Å². The van der Waals surface area contributed by atoms with Crippen LogP contribution in [0.4, 0.5) is 15.9 Å². The lowest BCUT2D eigenvalue weighted by molar-refractivity contribution is 0.626. The zero-order valence-electron chi connectivity index (χ0n) is 10.9. The Morgan fingerprint density at radius 3 is 2.80 bits per heavy atom. The average Bonchev–Trinajstić information content (AvgIpc) is 2.87. The molecular formula is C13H11ClFN5. The van der Waals surface area contributed by atoms with Gasteiger partial charge in [-0.2, -0.15) is 19.6 Å². The summed E-state index contributed by atoms with van der Waals surface area (Å²) in [6, 6.07) is 6.50. The van der Waals surface area contributed by atoms with Crippen molar-refractivity contribution in [3.63, 3.8) is 0 Å². The molecule has 0 N–H and O–H groups in total. The molecule has 1 aromatic carbocycles. The number of benzene rings is 1. The van der Waals surface area contributed by atoms with E-state index in [1.807, 2.05) is 6.92 Å². The zero-order chi connectivity index (χ0) is 14.3. The van der Waals surface area contributed by atoms with E-state index < -0.39 is 0 Å². The molecule has 2 heterocycles. The van der Waals surface area contributed by atoms with Gasteiger partial charge in [0.15, 0.2) is 0 Å². The van der Waals surface area contributed by atoms with E-state index in [4.69, 9.17) is 11.6 Å². The summed E-state index contributed by atoms with van der Waals surface area (Å²) in [5.41, 5.74) is 1.13. The lowest BCUT2D eigenvalue weighted by atomic mass is 10.2. The van der Waals surface area contributed by atoms with Crippen LogP contribution in [0, 0.1) is 12.7 Å². The van der Waals surface area contributed by atoms with Crippen LogP contribution in [0.2, 0.25) is 5.15 Å². The lowest BCUT2D eigenvalue weighted by Crippen LogP contribution is -2.17. The monoisotopic (exact) mass is 291 g/mol. The Morgan fingerprint density at radius 1 is 1.30 bits per heavy atom. The summed E-state index contributed by atoms with van der Waals surface area (Å²) in [5.74, 6) is 0.678. The second-order valence-corrected chi connectivity index (χ2v) is 4.69. The Morgan fingerprint density at radius 2 is 2.05 bits per heavy atom. The van der Waals surface area contributed by atoms with Crippen molar-refractivity contribution in [3.8, 4) is 0 Å². The Kier molecular flexibility index (Phi) is 3.02. The third-order valence-electron chi connectivity index (χ3n) is 3.10. The van der Waals surface area contributed by atoms with Crippen LogP contribution >= 0.6 is 11.6 Å². The zero-order valence-corrected chi connectivity index (χ0v) is 11.6. The highest BCUT2D eigenvalue weighted by Gasteiger charge is 2.18. The fourth-order valence-corrected chi connectivity index (χ4v) is 2.28. The Balaban J connectivity index is 2.26. The van der Waals surface area contributed by atoms with Crippen molar-refractivity contribution in [2.24, 2.45) is 0 Å². The molecule has 0 saturated heterocycles. The first-order valence-electron chi connectivity index (χ1n) is 5.93. The highest BCUT2D eigenvalue weighted by Crippen LogP contribution is 2.31. The van der Waals surface area contributed by atoms with Crippen molar-refractivity contribution in [2.45, 2.75) is 6.92 Å². The van der Waals surface area contributed by atoms with Gasteiger partial charge >= 0.3 is 0 Å². The van der Waals surface area contributed by atoms with Crippen molar-refractivity contribution in [1.29, 1.82) is 0 Å². The van der Waals surface area contributed by atoms with Crippen LogP contribution in [-0.4, -0.2) is 26.6 Å². The van der Waals surface area contributed by atoms with Crippen LogP contribution < -0.4 is 4.90 Å². The van der Waals surface area contributed by atoms with Gasteiger partial charge in [0.1, 0.15) is 23.1 Å². The number of para-hydroxylation sites is 1. The summed E-state index contributed by atoms with van der Waals surface area (Å²) >= 11 is 6.11. The number of anilines is 2. The van der Waals surface area contributed by atoms with Gasteiger partial charge in [0.05, 0.1) is 5.69 Å². The van der Waals surface area contributed by atoms with Gasteiger partial charge in [0, 0.05) is 12.6 Å². The van der Waals surface area contributed by atoms with Gasteiger partial charge in [0.2, 0.25) is 0 Å². The van der Waals surface area contributed by atoms with Gasteiger partial charge < -0.3 is 4.90 Å². The third kappa shape index (κ3) is 1.89. The summed E-state index contributed by atoms with van der Waals surface area (Å²) < 4.78 is 15.5. The molecule has 5 nitrogen and oxygen atoms in total. The third-order valence-corrected chi connectivity index (χ3v) is 3.47. The molecule has 0 saturated carbocycles. The maximum absolute atomic E-state index is 13.9. The van der Waals surface area contributed by atoms with Crippen LogP contribution in [0.25, 0.3) is 5.78 Å². The number of rotatable bonds is 2. The Bertz CT molecular complexity index is 786. The van der Waals surface area contributed by atoms with Gasteiger partial charge in [-0.25, -0.2) is 4.39 Å². The molecule has 2 aromatic heterocycles. The largest absolute Gasteiger partial charge is 0.327 e. The normalized spacial score (nSPS) is 11.0. The Labute approximate surface area is 119 Å². The Hall–Kier alpha value is -2.21. The van der Waals surface area contributed by atoms with E-state index in [1.54, 1.807) is 30.1 Å². The van der Waals surface area contributed by atoms with Crippen LogP contribution in [0.15, 0.2) is 30.6 Å². The number of halogens is 2. The van der Waals surface area contributed by atoms with Gasteiger partial charge in [-0.3, -0.25) is 0 Å². The molecule has 0 bridgehead atoms. The van der Waals surface area contributed by atoms with Crippen molar-refractivity contribution >= 4 is 28.9 Å². The number of aromatic nitrogens is 4. The van der Waals surface area contributed by atoms with E-state index in [1.165, 1.54) is 16.9 Å². The van der Waals surface area contributed by atoms with E-state index in [-0.39, 0.29) is 5.82 Å². The molecule has 0 atom stereocenters. The molecule has 0 radical (unpaired) electrons. The minimum absolute atomic E-state index is 0.323. The van der Waals surface area contributed by atoms with Crippen LogP contribution in [-0.2, 0) is 0 Å². The second-order valence-electron chi connectivity index (χ2n) is 4.33. The molecule has 0 aliphatic carbocycles. The van der Waals surface area contributed by atoms with Crippen LogP contribution in [0.1, 0.15) is 5.56 Å². The molecule has 3 aromatic rings. The summed E-state index contributed by atoms with van der Waals surface area (Å²) in [5, 5.41) is 4.44. The minimum Gasteiger partial charge on any atom is -0.327 e. The first-order valence-corrected chi connectivity index (χ1v) is 6.31. The highest BCUT2D eigenvalue weighted by atomic mass is 35.5. The molecule has 0 unspecified atom stereocenters. The lowest BCUT2D eigenvalue weighted by Gasteiger charge is -2.22. The average molecular weight is 292 g/mol. The van der Waals surface area contributed by atoms with E-state index in [0.717, 1.165) is 0 Å². The minimum atomic E-state index is -0.324. The fraction of sp³-hybridized carbons (Fsp3) is 0.154. The first-order chi connectivity index (χ1) is 9.59. The molecule has 0 fully saturated rings. The summed E-state index contributed by atoms with van der Waals surface area (Å²) in [7, 11) is 1.75. The summed E-state index contributed by atoms with van der Waals surface area (Å²) in [4.78, 5) is 9.82. The summed E-state index contributed by atoms with van der Waals surface area (Å²) in [6.45, 7) is 1.81. The molecule has 0 spiro atoms. The topological polar surface area (TPSA) is 46.3 Å². The first kappa shape index (κ1) is 12.8. The van der Waals surface area contributed by atoms with Crippen LogP contribution in [0.3, 0.4) is 0 Å². The summed E-state index contributed by atoms with van der Waals surface area (Å²) in [6.07, 6.45) is 1.39. The number of hydrogen-bond acceptors (Lipinski definition) is 4.